The molecule has 84 valence electrons. The highest BCUT2D eigenvalue weighted by atomic mass is 35.5. The van der Waals surface area contributed by atoms with Crippen LogP contribution in [0.5, 0.6) is 0 Å². The summed E-state index contributed by atoms with van der Waals surface area (Å²) in [6, 6.07) is 2.06. The number of nitrogens with one attached hydrogen (secondary N) is 1. The minimum Gasteiger partial charge on any atom is -0.350 e. The van der Waals surface area contributed by atoms with Gasteiger partial charge in [0.2, 0.25) is 5.91 Å². The lowest BCUT2D eigenvalue weighted by atomic mass is 10.2. The number of hydrogen-bond acceptors (Lipinski definition) is 3. The monoisotopic (exact) mass is 246 g/mol. The summed E-state index contributed by atoms with van der Waals surface area (Å²) in [4.78, 5) is 12.7. The van der Waals surface area contributed by atoms with Gasteiger partial charge in [-0.2, -0.15) is 0 Å². The number of rotatable bonds is 3. The summed E-state index contributed by atoms with van der Waals surface area (Å²) in [5.41, 5.74) is 6.44. The summed E-state index contributed by atoms with van der Waals surface area (Å²) in [5.74, 6) is -0.00898. The third-order valence-electron chi connectivity index (χ3n) is 2.62. The molecule has 1 heterocycles. The van der Waals surface area contributed by atoms with E-state index in [1.165, 1.54) is 10.4 Å². The Bertz CT molecular complexity index is 360. The van der Waals surface area contributed by atoms with Gasteiger partial charge < -0.3 is 11.1 Å². The quantitative estimate of drug-likeness (QED) is 0.851. The highest BCUT2D eigenvalue weighted by molar-refractivity contribution is 7.10. The number of hydrogen-bond donors (Lipinski definition) is 2. The Balaban J connectivity index is 0.00000112. The minimum absolute atomic E-state index is 0. The van der Waals surface area contributed by atoms with E-state index in [0.717, 1.165) is 12.8 Å². The average molecular weight is 247 g/mol. The Hall–Kier alpha value is -0.580. The van der Waals surface area contributed by atoms with Crippen molar-refractivity contribution < 1.29 is 4.79 Å². The van der Waals surface area contributed by atoms with Crippen LogP contribution >= 0.6 is 23.7 Å². The molecule has 1 aliphatic rings. The molecular formula is C10H15ClN2OS. The maximum absolute atomic E-state index is 11.5. The summed E-state index contributed by atoms with van der Waals surface area (Å²) in [5, 5.41) is 4.91. The first-order chi connectivity index (χ1) is 6.62. The molecule has 3 nitrogen and oxygen atoms in total. The van der Waals surface area contributed by atoms with Crippen molar-refractivity contribution in [3.05, 3.63) is 21.9 Å². The molecule has 2 rings (SSSR count). The van der Waals surface area contributed by atoms with Crippen molar-refractivity contribution in [3.63, 3.8) is 0 Å². The maximum Gasteiger partial charge on any atom is 0.240 e. The van der Waals surface area contributed by atoms with Crippen molar-refractivity contribution in [2.75, 3.05) is 0 Å². The van der Waals surface area contributed by atoms with Crippen LogP contribution in [0.4, 0.5) is 0 Å². The van der Waals surface area contributed by atoms with E-state index in [0.29, 0.717) is 6.54 Å². The van der Waals surface area contributed by atoms with Gasteiger partial charge in [0, 0.05) is 4.88 Å². The largest absolute Gasteiger partial charge is 0.350 e. The van der Waals surface area contributed by atoms with Crippen LogP contribution in [0.25, 0.3) is 0 Å². The van der Waals surface area contributed by atoms with Crippen LogP contribution in [0.3, 0.4) is 0 Å². The Morgan fingerprint density at radius 3 is 2.80 bits per heavy atom. The van der Waals surface area contributed by atoms with E-state index in [-0.39, 0.29) is 18.3 Å². The molecular weight excluding hydrogens is 232 g/mol. The molecule has 0 bridgehead atoms. The van der Waals surface area contributed by atoms with E-state index < -0.39 is 5.54 Å². The lowest BCUT2D eigenvalue weighted by Crippen LogP contribution is -2.42. The molecule has 0 aromatic carbocycles. The molecule has 1 aliphatic carbocycles. The molecule has 0 radical (unpaired) electrons. The average Bonchev–Trinajstić information content (AvgIpc) is 2.77. The fourth-order valence-corrected chi connectivity index (χ4v) is 2.13. The van der Waals surface area contributed by atoms with E-state index in [4.69, 9.17) is 5.73 Å². The molecule has 3 N–H and O–H groups in total. The van der Waals surface area contributed by atoms with Crippen molar-refractivity contribution in [1.29, 1.82) is 0 Å². The summed E-state index contributed by atoms with van der Waals surface area (Å²) >= 11 is 1.67. The van der Waals surface area contributed by atoms with E-state index in [1.807, 2.05) is 12.3 Å². The van der Waals surface area contributed by atoms with Gasteiger partial charge in [0.25, 0.3) is 0 Å². The topological polar surface area (TPSA) is 55.1 Å². The first-order valence-electron chi connectivity index (χ1n) is 4.72. The molecule has 1 fully saturated rings. The molecule has 1 aromatic rings. The lowest BCUT2D eigenvalue weighted by molar-refractivity contribution is -0.123. The van der Waals surface area contributed by atoms with Crippen LogP contribution in [0.15, 0.2) is 11.4 Å². The molecule has 0 atom stereocenters. The van der Waals surface area contributed by atoms with Crippen LogP contribution in [0.1, 0.15) is 23.3 Å². The second-order valence-corrected chi connectivity index (χ2v) is 4.87. The molecule has 0 aliphatic heterocycles. The number of carbonyl (C=O) groups excluding carboxylic acids is 1. The van der Waals surface area contributed by atoms with Gasteiger partial charge in [0.15, 0.2) is 0 Å². The molecule has 1 aromatic heterocycles. The predicted molar refractivity (Wildman–Crippen MR) is 64.3 cm³/mol. The van der Waals surface area contributed by atoms with Crippen LogP contribution in [-0.2, 0) is 11.3 Å². The van der Waals surface area contributed by atoms with Crippen LogP contribution < -0.4 is 11.1 Å². The Labute approximate surface area is 99.5 Å². The molecule has 0 saturated heterocycles. The van der Waals surface area contributed by atoms with E-state index in [2.05, 4.69) is 11.4 Å². The Morgan fingerprint density at radius 1 is 1.67 bits per heavy atom. The molecule has 0 spiro atoms. The van der Waals surface area contributed by atoms with Crippen molar-refractivity contribution in [1.82, 2.24) is 5.32 Å². The first kappa shape index (κ1) is 12.5. The molecule has 1 saturated carbocycles. The summed E-state index contributed by atoms with van der Waals surface area (Å²) < 4.78 is 0. The summed E-state index contributed by atoms with van der Waals surface area (Å²) in [6.45, 7) is 2.66. The van der Waals surface area contributed by atoms with Gasteiger partial charge in [-0.15, -0.1) is 23.7 Å². The fraction of sp³-hybridized carbons (Fsp3) is 0.500. The van der Waals surface area contributed by atoms with Gasteiger partial charge in [0.1, 0.15) is 0 Å². The SMILES string of the molecule is Cc1ccsc1CNC(=O)C1(N)CC1.Cl. The number of nitrogens with two attached hydrogens (primary N) is 1. The third-order valence-corrected chi connectivity index (χ3v) is 3.64. The summed E-state index contributed by atoms with van der Waals surface area (Å²) in [7, 11) is 0. The van der Waals surface area contributed by atoms with Gasteiger partial charge in [-0.25, -0.2) is 0 Å². The van der Waals surface area contributed by atoms with E-state index >= 15 is 0 Å². The lowest BCUT2D eigenvalue weighted by Gasteiger charge is -2.09. The van der Waals surface area contributed by atoms with Crippen molar-refractivity contribution in [2.24, 2.45) is 5.73 Å². The zero-order chi connectivity index (χ0) is 10.2. The van der Waals surface area contributed by atoms with Gasteiger partial charge in [-0.1, -0.05) is 0 Å². The minimum atomic E-state index is -0.550. The molecule has 0 unspecified atom stereocenters. The number of thiophene rings is 1. The van der Waals surface area contributed by atoms with Crippen molar-refractivity contribution in [2.45, 2.75) is 31.8 Å². The van der Waals surface area contributed by atoms with Crippen molar-refractivity contribution in [3.8, 4) is 0 Å². The number of amides is 1. The zero-order valence-electron chi connectivity index (χ0n) is 8.58. The standard InChI is InChI=1S/C10H14N2OS.ClH/c1-7-2-5-14-8(7)6-12-9(13)10(11)3-4-10;/h2,5H,3-4,6,11H2,1H3,(H,12,13);1H. The van der Waals surface area contributed by atoms with Crippen LogP contribution in [-0.4, -0.2) is 11.4 Å². The highest BCUT2D eigenvalue weighted by Gasteiger charge is 2.45. The second kappa shape index (κ2) is 4.51. The smallest absolute Gasteiger partial charge is 0.240 e. The van der Waals surface area contributed by atoms with Gasteiger partial charge in [-0.3, -0.25) is 4.79 Å². The Kier molecular flexibility index (Phi) is 3.76. The number of halogens is 1. The van der Waals surface area contributed by atoms with Crippen molar-refractivity contribution >= 4 is 29.7 Å². The number of aryl methyl sites for hydroxylation is 1. The van der Waals surface area contributed by atoms with Crippen LogP contribution in [0.2, 0.25) is 0 Å². The molecule has 1 amide bonds. The summed E-state index contributed by atoms with van der Waals surface area (Å²) in [6.07, 6.45) is 1.64. The maximum atomic E-state index is 11.5. The van der Waals surface area contributed by atoms with Gasteiger partial charge >= 0.3 is 0 Å². The number of carbonyl (C=O) groups is 1. The predicted octanol–water partition coefficient (Wildman–Crippen LogP) is 1.59. The molecule has 5 heteroatoms. The highest BCUT2D eigenvalue weighted by Crippen LogP contribution is 2.32. The fourth-order valence-electron chi connectivity index (χ4n) is 1.28. The van der Waals surface area contributed by atoms with Crippen LogP contribution in [0, 0.1) is 6.92 Å². The first-order valence-corrected chi connectivity index (χ1v) is 5.60. The molecule has 15 heavy (non-hydrogen) atoms. The normalized spacial score (nSPS) is 16.7. The third kappa shape index (κ3) is 2.71. The Morgan fingerprint density at radius 2 is 2.33 bits per heavy atom. The second-order valence-electron chi connectivity index (χ2n) is 3.87. The van der Waals surface area contributed by atoms with E-state index in [1.54, 1.807) is 11.3 Å². The van der Waals surface area contributed by atoms with E-state index in [9.17, 15) is 4.79 Å². The van der Waals surface area contributed by atoms with Gasteiger partial charge in [-0.05, 0) is 36.8 Å². The van der Waals surface area contributed by atoms with Gasteiger partial charge in [0.05, 0.1) is 12.1 Å². The zero-order valence-corrected chi connectivity index (χ0v) is 10.2.